The minimum atomic E-state index is -4.16. The second-order valence-corrected chi connectivity index (χ2v) is 4.09. The molecule has 5 heteroatoms. The van der Waals surface area contributed by atoms with Crippen molar-refractivity contribution in [1.82, 2.24) is 0 Å². The van der Waals surface area contributed by atoms with Crippen LogP contribution in [-0.2, 0) is 4.74 Å². The van der Waals surface area contributed by atoms with Gasteiger partial charge in [-0.15, -0.1) is 0 Å². The predicted octanol–water partition coefficient (Wildman–Crippen LogP) is 2.49. The molecule has 0 aromatic rings. The summed E-state index contributed by atoms with van der Waals surface area (Å²) in [6.07, 6.45) is -4.14. The summed E-state index contributed by atoms with van der Waals surface area (Å²) < 4.78 is 39.8. The Morgan fingerprint density at radius 1 is 1.18 bits per heavy atom. The van der Waals surface area contributed by atoms with Gasteiger partial charge in [0.25, 0.3) is 0 Å². The number of hydrogen-bond acceptors (Lipinski definition) is 1. The molecule has 0 atom stereocenters. The second-order valence-electron chi connectivity index (χ2n) is 2.58. The molecule has 1 rings (SSSR count). The smallest absolute Gasteiger partial charge is 0.381 e. The van der Waals surface area contributed by atoms with E-state index in [-0.39, 0.29) is 26.1 Å². The molecule has 1 aliphatic rings. The molecule has 11 heavy (non-hydrogen) atoms. The molecule has 1 heterocycles. The van der Waals surface area contributed by atoms with Gasteiger partial charge < -0.3 is 4.74 Å². The summed E-state index contributed by atoms with van der Waals surface area (Å²) in [4.78, 5) is 0. The van der Waals surface area contributed by atoms with Crippen LogP contribution in [0.5, 0.6) is 0 Å². The summed E-state index contributed by atoms with van der Waals surface area (Å²) in [6, 6.07) is 0. The molecule has 1 saturated heterocycles. The van der Waals surface area contributed by atoms with Crippen molar-refractivity contribution in [1.29, 1.82) is 0 Å². The van der Waals surface area contributed by atoms with Gasteiger partial charge in [-0.05, 0) is 12.8 Å². The van der Waals surface area contributed by atoms with Crippen LogP contribution >= 0.6 is 15.9 Å². The quantitative estimate of drug-likeness (QED) is 0.584. The fourth-order valence-electron chi connectivity index (χ4n) is 0.978. The first-order valence-electron chi connectivity index (χ1n) is 3.29. The zero-order valence-corrected chi connectivity index (χ0v) is 7.33. The van der Waals surface area contributed by atoms with E-state index in [2.05, 4.69) is 15.9 Å². The Morgan fingerprint density at radius 3 is 1.91 bits per heavy atom. The maximum Gasteiger partial charge on any atom is 0.404 e. The summed E-state index contributed by atoms with van der Waals surface area (Å²) in [5.41, 5.74) is 0. The Bertz CT molecular complexity index is 139. The highest BCUT2D eigenvalue weighted by Gasteiger charge is 2.53. The van der Waals surface area contributed by atoms with Gasteiger partial charge in [-0.3, -0.25) is 0 Å². The first-order valence-corrected chi connectivity index (χ1v) is 4.08. The largest absolute Gasteiger partial charge is 0.404 e. The van der Waals surface area contributed by atoms with Crippen LogP contribution in [-0.4, -0.2) is 23.7 Å². The molecule has 0 amide bonds. The molecule has 0 spiro atoms. The van der Waals surface area contributed by atoms with E-state index in [1.807, 2.05) is 0 Å². The van der Waals surface area contributed by atoms with Gasteiger partial charge in [-0.2, -0.15) is 13.2 Å². The molecular weight excluding hydrogens is 225 g/mol. The summed E-state index contributed by atoms with van der Waals surface area (Å²) in [5.74, 6) is 0. The predicted molar refractivity (Wildman–Crippen MR) is 37.8 cm³/mol. The lowest BCUT2D eigenvalue weighted by atomic mass is 10.00. The average Bonchev–Trinajstić information content (AvgIpc) is 1.87. The highest BCUT2D eigenvalue weighted by atomic mass is 79.9. The number of halogens is 4. The molecule has 0 aromatic heterocycles. The Balaban J connectivity index is 2.64. The van der Waals surface area contributed by atoms with E-state index >= 15 is 0 Å². The highest BCUT2D eigenvalue weighted by molar-refractivity contribution is 9.10. The number of rotatable bonds is 0. The van der Waals surface area contributed by atoms with Gasteiger partial charge in [-0.1, -0.05) is 15.9 Å². The third-order valence-corrected chi connectivity index (χ3v) is 3.04. The van der Waals surface area contributed by atoms with Gasteiger partial charge in [0.05, 0.1) is 0 Å². The average molecular weight is 233 g/mol. The van der Waals surface area contributed by atoms with E-state index in [0.29, 0.717) is 0 Å². The first-order chi connectivity index (χ1) is 4.96. The lowest BCUT2D eigenvalue weighted by Crippen LogP contribution is -2.43. The standard InChI is InChI=1S/C6H8BrF3O/c7-5(6(8,9)10)1-3-11-4-2-5/h1-4H2. The molecule has 66 valence electrons. The third kappa shape index (κ3) is 1.87. The van der Waals surface area contributed by atoms with Gasteiger partial charge in [-0.25, -0.2) is 0 Å². The monoisotopic (exact) mass is 232 g/mol. The van der Waals surface area contributed by atoms with Crippen LogP contribution in [0, 0.1) is 0 Å². The molecule has 1 fully saturated rings. The molecule has 0 N–H and O–H groups in total. The topological polar surface area (TPSA) is 9.23 Å². The van der Waals surface area contributed by atoms with Crippen LogP contribution in [0.3, 0.4) is 0 Å². The SMILES string of the molecule is FC(F)(F)C1(Br)CCOCC1. The van der Waals surface area contributed by atoms with Crippen LogP contribution < -0.4 is 0 Å². The minimum absolute atomic E-state index is 0.0104. The van der Waals surface area contributed by atoms with Crippen LogP contribution in [0.4, 0.5) is 13.2 Å². The molecular formula is C6H8BrF3O. The molecule has 0 aliphatic carbocycles. The van der Waals surface area contributed by atoms with Crippen LogP contribution in [0.2, 0.25) is 0 Å². The van der Waals surface area contributed by atoms with Gasteiger partial charge in [0, 0.05) is 13.2 Å². The van der Waals surface area contributed by atoms with Crippen molar-refractivity contribution in [3.05, 3.63) is 0 Å². The van der Waals surface area contributed by atoms with Crippen molar-refractivity contribution < 1.29 is 17.9 Å². The van der Waals surface area contributed by atoms with Crippen LogP contribution in [0.1, 0.15) is 12.8 Å². The van der Waals surface area contributed by atoms with Crippen molar-refractivity contribution in [3.8, 4) is 0 Å². The molecule has 1 nitrogen and oxygen atoms in total. The Kier molecular flexibility index (Phi) is 2.49. The Labute approximate surface area is 71.0 Å². The second kappa shape index (κ2) is 2.94. The fourth-order valence-corrected chi connectivity index (χ4v) is 1.30. The lowest BCUT2D eigenvalue weighted by molar-refractivity contribution is -0.174. The third-order valence-electron chi connectivity index (χ3n) is 1.79. The van der Waals surface area contributed by atoms with E-state index in [1.165, 1.54) is 0 Å². The minimum Gasteiger partial charge on any atom is -0.381 e. The van der Waals surface area contributed by atoms with Crippen molar-refractivity contribution in [2.45, 2.75) is 23.3 Å². The number of alkyl halides is 4. The van der Waals surface area contributed by atoms with Crippen molar-refractivity contribution >= 4 is 15.9 Å². The van der Waals surface area contributed by atoms with Crippen molar-refractivity contribution in [2.75, 3.05) is 13.2 Å². The zero-order chi connectivity index (χ0) is 8.54. The normalized spacial score (nSPS) is 25.1. The molecule has 0 bridgehead atoms. The zero-order valence-electron chi connectivity index (χ0n) is 5.75. The maximum absolute atomic E-state index is 12.2. The molecule has 0 radical (unpaired) electrons. The molecule has 0 saturated carbocycles. The summed E-state index contributed by atoms with van der Waals surface area (Å²) >= 11 is 2.71. The summed E-state index contributed by atoms with van der Waals surface area (Å²) in [6.45, 7) is 0.371. The Hall–Kier alpha value is 0.230. The van der Waals surface area contributed by atoms with Gasteiger partial charge in [0.15, 0.2) is 0 Å². The van der Waals surface area contributed by atoms with E-state index in [1.54, 1.807) is 0 Å². The van der Waals surface area contributed by atoms with Crippen molar-refractivity contribution in [3.63, 3.8) is 0 Å². The van der Waals surface area contributed by atoms with Crippen LogP contribution in [0.25, 0.3) is 0 Å². The van der Waals surface area contributed by atoms with E-state index in [4.69, 9.17) is 4.74 Å². The van der Waals surface area contributed by atoms with E-state index in [9.17, 15) is 13.2 Å². The van der Waals surface area contributed by atoms with E-state index in [0.717, 1.165) is 0 Å². The van der Waals surface area contributed by atoms with Gasteiger partial charge >= 0.3 is 6.18 Å². The molecule has 0 unspecified atom stereocenters. The van der Waals surface area contributed by atoms with Crippen LogP contribution in [0.15, 0.2) is 0 Å². The molecule has 0 aromatic carbocycles. The number of hydrogen-bond donors (Lipinski definition) is 0. The molecule has 1 aliphatic heterocycles. The fraction of sp³-hybridized carbons (Fsp3) is 1.00. The summed E-state index contributed by atoms with van der Waals surface area (Å²) in [5, 5.41) is 0. The number of ether oxygens (including phenoxy) is 1. The first kappa shape index (κ1) is 9.32. The summed E-state index contributed by atoms with van der Waals surface area (Å²) in [7, 11) is 0. The maximum atomic E-state index is 12.2. The Morgan fingerprint density at radius 2 is 1.64 bits per heavy atom. The van der Waals surface area contributed by atoms with Gasteiger partial charge in [0.2, 0.25) is 0 Å². The lowest BCUT2D eigenvalue weighted by Gasteiger charge is -2.33. The van der Waals surface area contributed by atoms with Gasteiger partial charge in [0.1, 0.15) is 4.32 Å². The van der Waals surface area contributed by atoms with E-state index < -0.39 is 10.5 Å². The van der Waals surface area contributed by atoms with Crippen molar-refractivity contribution in [2.24, 2.45) is 0 Å². The highest BCUT2D eigenvalue weighted by Crippen LogP contribution is 2.44.